The molecule has 5 heteroatoms. The minimum atomic E-state index is -0.197. The average molecular weight is 389 g/mol. The van der Waals surface area contributed by atoms with Gasteiger partial charge in [0.25, 0.3) is 5.91 Å². The number of aromatic nitrogens is 2. The summed E-state index contributed by atoms with van der Waals surface area (Å²) in [4.78, 5) is 15.1. The van der Waals surface area contributed by atoms with Gasteiger partial charge in [0, 0.05) is 17.2 Å². The Morgan fingerprint density at radius 1 is 1.17 bits per heavy atom. The monoisotopic (exact) mass is 389 g/mol. The fourth-order valence-electron chi connectivity index (χ4n) is 3.95. The third-order valence-corrected chi connectivity index (χ3v) is 5.33. The van der Waals surface area contributed by atoms with Gasteiger partial charge in [-0.3, -0.25) is 9.89 Å². The quantitative estimate of drug-likeness (QED) is 0.636. The van der Waals surface area contributed by atoms with Gasteiger partial charge in [-0.2, -0.15) is 5.10 Å². The normalized spacial score (nSPS) is 15.8. The number of amides is 1. The summed E-state index contributed by atoms with van der Waals surface area (Å²) in [5, 5.41) is 7.54. The fourth-order valence-corrected chi connectivity index (χ4v) is 3.95. The molecule has 2 aromatic carbocycles. The highest BCUT2D eigenvalue weighted by Gasteiger charge is 2.43. The van der Waals surface area contributed by atoms with Crippen molar-refractivity contribution >= 4 is 5.91 Å². The lowest BCUT2D eigenvalue weighted by Gasteiger charge is -2.30. The highest BCUT2D eigenvalue weighted by Crippen LogP contribution is 2.44. The van der Waals surface area contributed by atoms with Crippen molar-refractivity contribution in [2.75, 3.05) is 6.61 Å². The first-order valence-electron chi connectivity index (χ1n) is 10.2. The Balaban J connectivity index is 1.84. The maximum absolute atomic E-state index is 13.2. The van der Waals surface area contributed by atoms with Crippen LogP contribution in [-0.4, -0.2) is 33.7 Å². The molecular formula is C24H27N3O2. The van der Waals surface area contributed by atoms with Crippen LogP contribution in [0.2, 0.25) is 0 Å². The van der Waals surface area contributed by atoms with Crippen LogP contribution in [-0.2, 0) is 0 Å². The van der Waals surface area contributed by atoms with Gasteiger partial charge in [-0.05, 0) is 44.9 Å². The number of carbonyl (C=O) groups is 1. The van der Waals surface area contributed by atoms with Crippen LogP contribution < -0.4 is 4.74 Å². The van der Waals surface area contributed by atoms with Crippen LogP contribution in [0.4, 0.5) is 0 Å². The second-order valence-electron chi connectivity index (χ2n) is 7.86. The molecule has 0 fully saturated rings. The third kappa shape index (κ3) is 3.41. The number of benzene rings is 2. The molecule has 1 amide bonds. The van der Waals surface area contributed by atoms with Crippen molar-refractivity contribution < 1.29 is 9.53 Å². The van der Waals surface area contributed by atoms with Crippen molar-refractivity contribution in [3.63, 3.8) is 0 Å². The van der Waals surface area contributed by atoms with Crippen LogP contribution in [0.5, 0.6) is 5.75 Å². The number of aromatic amines is 1. The van der Waals surface area contributed by atoms with Crippen molar-refractivity contribution in [1.82, 2.24) is 15.1 Å². The van der Waals surface area contributed by atoms with E-state index in [0.717, 1.165) is 34.6 Å². The molecule has 150 valence electrons. The molecule has 0 saturated carbocycles. The Labute approximate surface area is 171 Å². The van der Waals surface area contributed by atoms with Crippen LogP contribution in [0.15, 0.2) is 48.5 Å². The molecule has 0 spiro atoms. The van der Waals surface area contributed by atoms with Crippen LogP contribution >= 0.6 is 0 Å². The van der Waals surface area contributed by atoms with Gasteiger partial charge in [-0.25, -0.2) is 0 Å². The van der Waals surface area contributed by atoms with E-state index in [-0.39, 0.29) is 18.0 Å². The van der Waals surface area contributed by atoms with Gasteiger partial charge in [-0.1, -0.05) is 48.9 Å². The number of nitrogens with one attached hydrogen (secondary N) is 1. The zero-order valence-corrected chi connectivity index (χ0v) is 17.4. The maximum atomic E-state index is 13.2. The summed E-state index contributed by atoms with van der Waals surface area (Å²) < 4.78 is 5.85. The molecule has 1 N–H and O–H groups in total. The molecule has 1 aliphatic heterocycles. The van der Waals surface area contributed by atoms with E-state index in [1.165, 1.54) is 5.56 Å². The molecular weight excluding hydrogens is 362 g/mol. The third-order valence-electron chi connectivity index (χ3n) is 5.33. The standard InChI is InChI=1S/C24H27N3O2/c1-5-13-29-19-8-6-7-18(14-19)23-20-21(17-11-9-16(4)10-12-17)25-26-22(20)24(28)27(23)15(2)3/h6-12,14-15,23H,5,13H2,1-4H3,(H,25,26). The molecule has 1 atom stereocenters. The topological polar surface area (TPSA) is 58.2 Å². The fraction of sp³-hybridized carbons (Fsp3) is 0.333. The average Bonchev–Trinajstić information content (AvgIpc) is 3.26. The lowest BCUT2D eigenvalue weighted by molar-refractivity contribution is 0.0687. The number of fused-ring (bicyclic) bond motifs is 1. The number of carbonyl (C=O) groups excluding carboxylic acids is 1. The molecule has 0 radical (unpaired) electrons. The van der Waals surface area contributed by atoms with Gasteiger partial charge in [0.15, 0.2) is 0 Å². The van der Waals surface area contributed by atoms with Gasteiger partial charge < -0.3 is 9.64 Å². The predicted octanol–water partition coefficient (Wildman–Crippen LogP) is 5.13. The van der Waals surface area contributed by atoms with E-state index in [1.807, 2.05) is 36.9 Å². The van der Waals surface area contributed by atoms with E-state index < -0.39 is 0 Å². The SMILES string of the molecule is CCCOc1cccc(C2c3c(-c4ccc(C)cc4)n[nH]c3C(=O)N2C(C)C)c1. The molecule has 1 unspecified atom stereocenters. The number of aryl methyl sites for hydroxylation is 1. The van der Waals surface area contributed by atoms with E-state index in [4.69, 9.17) is 4.74 Å². The van der Waals surface area contributed by atoms with Crippen molar-refractivity contribution in [2.24, 2.45) is 0 Å². The molecule has 4 rings (SSSR count). The Bertz CT molecular complexity index is 1020. The molecule has 0 aliphatic carbocycles. The zero-order valence-electron chi connectivity index (χ0n) is 17.4. The lowest BCUT2D eigenvalue weighted by Crippen LogP contribution is -2.35. The predicted molar refractivity (Wildman–Crippen MR) is 114 cm³/mol. The van der Waals surface area contributed by atoms with E-state index in [1.54, 1.807) is 0 Å². The van der Waals surface area contributed by atoms with Gasteiger partial charge in [0.2, 0.25) is 0 Å². The molecule has 1 aliphatic rings. The van der Waals surface area contributed by atoms with Crippen LogP contribution in [0.3, 0.4) is 0 Å². The minimum Gasteiger partial charge on any atom is -0.494 e. The summed E-state index contributed by atoms with van der Waals surface area (Å²) in [5.41, 5.74) is 5.60. The molecule has 3 aromatic rings. The number of rotatable bonds is 6. The Morgan fingerprint density at radius 3 is 2.62 bits per heavy atom. The Kier molecular flexibility index (Phi) is 5.14. The maximum Gasteiger partial charge on any atom is 0.273 e. The first-order valence-corrected chi connectivity index (χ1v) is 10.2. The first-order chi connectivity index (χ1) is 14.0. The molecule has 0 bridgehead atoms. The number of nitrogens with zero attached hydrogens (tertiary/aromatic N) is 2. The van der Waals surface area contributed by atoms with Crippen molar-refractivity contribution in [2.45, 2.75) is 46.2 Å². The summed E-state index contributed by atoms with van der Waals surface area (Å²) in [6, 6.07) is 16.2. The highest BCUT2D eigenvalue weighted by atomic mass is 16.5. The summed E-state index contributed by atoms with van der Waals surface area (Å²) >= 11 is 0. The number of hydrogen-bond acceptors (Lipinski definition) is 3. The van der Waals surface area contributed by atoms with Gasteiger partial charge in [0.1, 0.15) is 11.4 Å². The van der Waals surface area contributed by atoms with Gasteiger partial charge in [0.05, 0.1) is 18.3 Å². The van der Waals surface area contributed by atoms with E-state index in [9.17, 15) is 4.79 Å². The summed E-state index contributed by atoms with van der Waals surface area (Å²) in [7, 11) is 0. The smallest absolute Gasteiger partial charge is 0.273 e. The van der Waals surface area contributed by atoms with Crippen LogP contribution in [0.25, 0.3) is 11.3 Å². The first kappa shape index (κ1) is 19.2. The lowest BCUT2D eigenvalue weighted by atomic mass is 9.95. The van der Waals surface area contributed by atoms with Crippen LogP contribution in [0, 0.1) is 6.92 Å². The van der Waals surface area contributed by atoms with Crippen molar-refractivity contribution in [1.29, 1.82) is 0 Å². The second-order valence-corrected chi connectivity index (χ2v) is 7.86. The zero-order chi connectivity index (χ0) is 20.5. The summed E-state index contributed by atoms with van der Waals surface area (Å²) in [5.74, 6) is 0.820. The molecule has 0 saturated heterocycles. The minimum absolute atomic E-state index is 0.00857. The largest absolute Gasteiger partial charge is 0.494 e. The van der Waals surface area contributed by atoms with E-state index >= 15 is 0 Å². The molecule has 29 heavy (non-hydrogen) atoms. The number of H-pyrrole nitrogens is 1. The molecule has 5 nitrogen and oxygen atoms in total. The van der Waals surface area contributed by atoms with Crippen LogP contribution in [0.1, 0.15) is 60.4 Å². The summed E-state index contributed by atoms with van der Waals surface area (Å²) in [6.45, 7) is 8.92. The molecule has 2 heterocycles. The van der Waals surface area contributed by atoms with Crippen molar-refractivity contribution in [3.05, 3.63) is 70.9 Å². The summed E-state index contributed by atoms with van der Waals surface area (Å²) in [6.07, 6.45) is 0.952. The number of hydrogen-bond donors (Lipinski definition) is 1. The van der Waals surface area contributed by atoms with Gasteiger partial charge in [-0.15, -0.1) is 0 Å². The second kappa shape index (κ2) is 7.74. The van der Waals surface area contributed by atoms with Gasteiger partial charge >= 0.3 is 0 Å². The molecule has 1 aromatic heterocycles. The Morgan fingerprint density at radius 2 is 1.93 bits per heavy atom. The van der Waals surface area contributed by atoms with E-state index in [0.29, 0.717) is 12.3 Å². The Hall–Kier alpha value is -3.08. The van der Waals surface area contributed by atoms with Crippen molar-refractivity contribution in [3.8, 4) is 17.0 Å². The van der Waals surface area contributed by atoms with E-state index in [2.05, 4.69) is 54.4 Å². The highest BCUT2D eigenvalue weighted by molar-refractivity contribution is 6.00. The number of ether oxygens (including phenoxy) is 1.